The molecule has 0 aliphatic heterocycles. The molecule has 0 radical (unpaired) electrons. The second-order valence-corrected chi connectivity index (χ2v) is 3.69. The van der Waals surface area contributed by atoms with Gasteiger partial charge in [0.25, 0.3) is 0 Å². The minimum Gasteiger partial charge on any atom is -0.240 e. The Hall–Kier alpha value is -1.36. The molecule has 2 heteroatoms. The van der Waals surface area contributed by atoms with Gasteiger partial charge in [-0.05, 0) is 0 Å². The predicted octanol–water partition coefficient (Wildman–Crippen LogP) is 1.76. The van der Waals surface area contributed by atoms with E-state index in [2.05, 4.69) is 36.7 Å². The topological polar surface area (TPSA) is 25.8 Å². The van der Waals surface area contributed by atoms with Crippen molar-refractivity contribution in [3.8, 4) is 12.3 Å². The van der Waals surface area contributed by atoms with Crippen molar-refractivity contribution in [2.45, 2.75) is 26.2 Å². The summed E-state index contributed by atoms with van der Waals surface area (Å²) in [5.41, 5.74) is 0.718. The van der Waals surface area contributed by atoms with Gasteiger partial charge < -0.3 is 0 Å². The third-order valence-corrected chi connectivity index (χ3v) is 1.49. The van der Waals surface area contributed by atoms with Gasteiger partial charge in [-0.2, -0.15) is 0 Å². The number of rotatable bonds is 0. The van der Waals surface area contributed by atoms with Crippen LogP contribution in [-0.4, -0.2) is 9.97 Å². The molecule has 1 aromatic heterocycles. The van der Waals surface area contributed by atoms with Gasteiger partial charge >= 0.3 is 0 Å². The summed E-state index contributed by atoms with van der Waals surface area (Å²) in [5.74, 6) is 3.30. The van der Waals surface area contributed by atoms with Gasteiger partial charge in [0.15, 0.2) is 0 Å². The normalized spacial score (nSPS) is 10.8. The van der Waals surface area contributed by atoms with E-state index in [0.29, 0.717) is 0 Å². The first-order valence-electron chi connectivity index (χ1n) is 3.83. The van der Waals surface area contributed by atoms with Gasteiger partial charge in [0.1, 0.15) is 5.82 Å². The summed E-state index contributed by atoms with van der Waals surface area (Å²) in [6.45, 7) is 6.20. The summed E-state index contributed by atoms with van der Waals surface area (Å²) in [6, 6.07) is 0. The maximum atomic E-state index is 5.18. The molecule has 0 spiro atoms. The highest BCUT2D eigenvalue weighted by Crippen LogP contribution is 2.16. The molecule has 2 nitrogen and oxygen atoms in total. The first-order chi connectivity index (χ1) is 5.54. The average molecular weight is 160 g/mol. The number of terminal acetylenes is 1. The number of aromatic nitrogens is 2. The number of hydrogen-bond donors (Lipinski definition) is 0. The van der Waals surface area contributed by atoms with E-state index in [-0.39, 0.29) is 5.41 Å². The van der Waals surface area contributed by atoms with Gasteiger partial charge in [-0.3, -0.25) is 0 Å². The van der Waals surface area contributed by atoms with E-state index < -0.39 is 0 Å². The van der Waals surface area contributed by atoms with Gasteiger partial charge in [-0.15, -0.1) is 6.42 Å². The standard InChI is InChI=1S/C10H12N2/c1-5-8-6-11-9(12-7-8)10(2,3)4/h1,6-7H,2-4H3. The molecule has 0 unspecified atom stereocenters. The zero-order chi connectivity index (χ0) is 9.19. The second kappa shape index (κ2) is 2.94. The van der Waals surface area contributed by atoms with Crippen LogP contribution in [0.15, 0.2) is 12.4 Å². The maximum absolute atomic E-state index is 5.18. The fourth-order valence-corrected chi connectivity index (χ4v) is 0.790. The highest BCUT2D eigenvalue weighted by molar-refractivity contribution is 5.26. The largest absolute Gasteiger partial charge is 0.240 e. The van der Waals surface area contributed by atoms with Crippen LogP contribution in [0.5, 0.6) is 0 Å². The van der Waals surface area contributed by atoms with Crippen molar-refractivity contribution in [1.82, 2.24) is 9.97 Å². The van der Waals surface area contributed by atoms with Crippen LogP contribution in [0.4, 0.5) is 0 Å². The molecule has 62 valence electrons. The molecule has 0 aliphatic rings. The molecule has 0 saturated carbocycles. The van der Waals surface area contributed by atoms with Crippen molar-refractivity contribution >= 4 is 0 Å². The van der Waals surface area contributed by atoms with E-state index >= 15 is 0 Å². The lowest BCUT2D eigenvalue weighted by atomic mass is 9.96. The molecule has 12 heavy (non-hydrogen) atoms. The highest BCUT2D eigenvalue weighted by Gasteiger charge is 2.16. The van der Waals surface area contributed by atoms with Crippen LogP contribution in [0.3, 0.4) is 0 Å². The summed E-state index contributed by atoms with van der Waals surface area (Å²) in [6.07, 6.45) is 8.53. The summed E-state index contributed by atoms with van der Waals surface area (Å²) >= 11 is 0. The first kappa shape index (κ1) is 8.73. The fourth-order valence-electron chi connectivity index (χ4n) is 0.790. The lowest BCUT2D eigenvalue weighted by molar-refractivity contribution is 0.545. The molecule has 0 aliphatic carbocycles. The van der Waals surface area contributed by atoms with E-state index in [9.17, 15) is 0 Å². The summed E-state index contributed by atoms with van der Waals surface area (Å²) < 4.78 is 0. The molecule has 0 fully saturated rings. The second-order valence-electron chi connectivity index (χ2n) is 3.69. The Morgan fingerprint density at radius 1 is 1.25 bits per heavy atom. The zero-order valence-electron chi connectivity index (χ0n) is 7.63. The van der Waals surface area contributed by atoms with Crippen molar-refractivity contribution in [3.63, 3.8) is 0 Å². The van der Waals surface area contributed by atoms with Crippen LogP contribution in [0.25, 0.3) is 0 Å². The van der Waals surface area contributed by atoms with Crippen LogP contribution in [-0.2, 0) is 5.41 Å². The molecule has 1 aromatic rings. The molecule has 0 atom stereocenters. The Labute approximate surface area is 73.1 Å². The molecule has 0 aromatic carbocycles. The van der Waals surface area contributed by atoms with Gasteiger partial charge in [0, 0.05) is 17.8 Å². The number of hydrogen-bond acceptors (Lipinski definition) is 2. The predicted molar refractivity (Wildman–Crippen MR) is 48.7 cm³/mol. The Bertz CT molecular complexity index is 298. The Balaban J connectivity index is 3.02. The van der Waals surface area contributed by atoms with E-state index in [0.717, 1.165) is 11.4 Å². The monoisotopic (exact) mass is 160 g/mol. The fraction of sp³-hybridized carbons (Fsp3) is 0.400. The summed E-state index contributed by atoms with van der Waals surface area (Å²) in [7, 11) is 0. The van der Waals surface area contributed by atoms with Crippen molar-refractivity contribution < 1.29 is 0 Å². The van der Waals surface area contributed by atoms with Crippen LogP contribution in [0, 0.1) is 12.3 Å². The van der Waals surface area contributed by atoms with Crippen LogP contribution >= 0.6 is 0 Å². The molecule has 0 saturated heterocycles. The van der Waals surface area contributed by atoms with Gasteiger partial charge in [0.05, 0.1) is 5.56 Å². The van der Waals surface area contributed by atoms with Gasteiger partial charge in [-0.25, -0.2) is 9.97 Å². The zero-order valence-corrected chi connectivity index (χ0v) is 7.63. The van der Waals surface area contributed by atoms with Gasteiger partial charge in [-0.1, -0.05) is 26.7 Å². The smallest absolute Gasteiger partial charge is 0.133 e. The molecular formula is C10H12N2. The summed E-state index contributed by atoms with van der Waals surface area (Å²) in [4.78, 5) is 8.33. The Morgan fingerprint density at radius 3 is 2.08 bits per heavy atom. The van der Waals surface area contributed by atoms with Crippen LogP contribution < -0.4 is 0 Å². The minimum absolute atomic E-state index is 0.00682. The Kier molecular flexibility index (Phi) is 2.14. The van der Waals surface area contributed by atoms with Crippen molar-refractivity contribution in [1.29, 1.82) is 0 Å². The van der Waals surface area contributed by atoms with Gasteiger partial charge in [0.2, 0.25) is 0 Å². The first-order valence-corrected chi connectivity index (χ1v) is 3.83. The quantitative estimate of drug-likeness (QED) is 0.540. The third-order valence-electron chi connectivity index (χ3n) is 1.49. The van der Waals surface area contributed by atoms with E-state index in [1.165, 1.54) is 0 Å². The molecule has 1 heterocycles. The van der Waals surface area contributed by atoms with Crippen LogP contribution in [0.1, 0.15) is 32.2 Å². The molecule has 0 N–H and O–H groups in total. The lowest BCUT2D eigenvalue weighted by Gasteiger charge is -2.15. The van der Waals surface area contributed by atoms with E-state index in [1.54, 1.807) is 12.4 Å². The highest BCUT2D eigenvalue weighted by atomic mass is 14.9. The van der Waals surface area contributed by atoms with Crippen LogP contribution in [0.2, 0.25) is 0 Å². The lowest BCUT2D eigenvalue weighted by Crippen LogP contribution is -2.15. The average Bonchev–Trinajstić information content (AvgIpc) is 2.03. The Morgan fingerprint density at radius 2 is 1.75 bits per heavy atom. The van der Waals surface area contributed by atoms with Crippen molar-refractivity contribution in [2.24, 2.45) is 0 Å². The van der Waals surface area contributed by atoms with E-state index in [1.807, 2.05) is 0 Å². The molecule has 0 bridgehead atoms. The number of nitrogens with zero attached hydrogens (tertiary/aromatic N) is 2. The van der Waals surface area contributed by atoms with Crippen molar-refractivity contribution in [2.75, 3.05) is 0 Å². The van der Waals surface area contributed by atoms with Crippen molar-refractivity contribution in [3.05, 3.63) is 23.8 Å². The SMILES string of the molecule is C#Cc1cnc(C(C)(C)C)nc1. The molecule has 1 rings (SSSR count). The maximum Gasteiger partial charge on any atom is 0.133 e. The minimum atomic E-state index is -0.00682. The van der Waals surface area contributed by atoms with E-state index in [4.69, 9.17) is 6.42 Å². The summed E-state index contributed by atoms with van der Waals surface area (Å²) in [5, 5.41) is 0. The third kappa shape index (κ3) is 1.82. The molecule has 0 amide bonds. The molecular weight excluding hydrogens is 148 g/mol.